The minimum absolute atomic E-state index is 0.114. The fourth-order valence-electron chi connectivity index (χ4n) is 1.80. The van der Waals surface area contributed by atoms with E-state index in [9.17, 15) is 9.59 Å². The van der Waals surface area contributed by atoms with Gasteiger partial charge in [0.15, 0.2) is 0 Å². The highest BCUT2D eigenvalue weighted by atomic mass is 16.4. The van der Waals surface area contributed by atoms with Crippen LogP contribution < -0.4 is 10.6 Å². The van der Waals surface area contributed by atoms with Gasteiger partial charge in [0.1, 0.15) is 6.04 Å². The van der Waals surface area contributed by atoms with E-state index in [1.54, 1.807) is 17.8 Å². The molecule has 2 unspecified atom stereocenters. The zero-order valence-corrected chi connectivity index (χ0v) is 12.1. The van der Waals surface area contributed by atoms with Crippen LogP contribution in [0.25, 0.3) is 0 Å². The molecule has 3 N–H and O–H groups in total. The number of aromatic nitrogens is 2. The van der Waals surface area contributed by atoms with Crippen molar-refractivity contribution < 1.29 is 14.7 Å². The molecule has 0 aliphatic heterocycles. The number of aryl methyl sites for hydroxylation is 1. The topological polar surface area (TPSA) is 96.3 Å². The predicted octanol–water partition coefficient (Wildman–Crippen LogP) is 0.761. The molecule has 7 nitrogen and oxygen atoms in total. The first-order valence-electron chi connectivity index (χ1n) is 6.68. The predicted molar refractivity (Wildman–Crippen MR) is 74.3 cm³/mol. The van der Waals surface area contributed by atoms with Gasteiger partial charge in [0.25, 0.3) is 0 Å². The zero-order chi connectivity index (χ0) is 15.1. The van der Waals surface area contributed by atoms with Gasteiger partial charge in [0, 0.05) is 19.8 Å². The number of urea groups is 1. The van der Waals surface area contributed by atoms with Crippen molar-refractivity contribution in [1.82, 2.24) is 20.4 Å². The maximum absolute atomic E-state index is 11.7. The average molecular weight is 282 g/mol. The van der Waals surface area contributed by atoms with Crippen LogP contribution in [0.5, 0.6) is 0 Å². The second-order valence-corrected chi connectivity index (χ2v) is 4.87. The second-order valence-electron chi connectivity index (χ2n) is 4.87. The molecular formula is C13H22N4O3. The summed E-state index contributed by atoms with van der Waals surface area (Å²) in [5.41, 5.74) is 1.02. The van der Waals surface area contributed by atoms with Crippen molar-refractivity contribution in [2.75, 3.05) is 6.54 Å². The molecule has 0 aromatic carbocycles. The monoisotopic (exact) mass is 282 g/mol. The van der Waals surface area contributed by atoms with Gasteiger partial charge in [-0.1, -0.05) is 20.3 Å². The minimum atomic E-state index is -1.01. The quantitative estimate of drug-likeness (QED) is 0.688. The molecule has 112 valence electrons. The minimum Gasteiger partial charge on any atom is -0.480 e. The Balaban J connectivity index is 2.36. The Morgan fingerprint density at radius 3 is 2.70 bits per heavy atom. The molecule has 0 saturated carbocycles. The summed E-state index contributed by atoms with van der Waals surface area (Å²) in [6.07, 6.45) is 4.95. The summed E-state index contributed by atoms with van der Waals surface area (Å²) < 4.78 is 1.69. The van der Waals surface area contributed by atoms with Gasteiger partial charge in [-0.3, -0.25) is 4.68 Å². The molecule has 0 bridgehead atoms. The Morgan fingerprint density at radius 1 is 1.50 bits per heavy atom. The van der Waals surface area contributed by atoms with Gasteiger partial charge in [-0.05, 0) is 17.9 Å². The molecule has 0 saturated heterocycles. The van der Waals surface area contributed by atoms with Gasteiger partial charge in [0.2, 0.25) is 0 Å². The Morgan fingerprint density at radius 2 is 2.20 bits per heavy atom. The number of carboxylic acid groups (broad SMARTS) is 1. The van der Waals surface area contributed by atoms with Crippen molar-refractivity contribution in [2.24, 2.45) is 13.0 Å². The van der Waals surface area contributed by atoms with E-state index in [0.717, 1.165) is 5.56 Å². The van der Waals surface area contributed by atoms with Crippen LogP contribution in [0.1, 0.15) is 25.8 Å². The zero-order valence-electron chi connectivity index (χ0n) is 12.1. The van der Waals surface area contributed by atoms with Gasteiger partial charge in [-0.15, -0.1) is 0 Å². The van der Waals surface area contributed by atoms with Crippen molar-refractivity contribution in [3.05, 3.63) is 18.0 Å². The van der Waals surface area contributed by atoms with Gasteiger partial charge >= 0.3 is 12.0 Å². The van der Waals surface area contributed by atoms with Crippen LogP contribution in [0.15, 0.2) is 12.4 Å². The summed E-state index contributed by atoms with van der Waals surface area (Å²) in [5, 5.41) is 18.2. The van der Waals surface area contributed by atoms with Crippen LogP contribution in [0, 0.1) is 5.92 Å². The van der Waals surface area contributed by atoms with Crippen molar-refractivity contribution in [3.63, 3.8) is 0 Å². The molecule has 0 spiro atoms. The van der Waals surface area contributed by atoms with Gasteiger partial charge < -0.3 is 15.7 Å². The summed E-state index contributed by atoms with van der Waals surface area (Å²) in [5.74, 6) is -1.13. The lowest BCUT2D eigenvalue weighted by atomic mass is 9.99. The average Bonchev–Trinajstić information content (AvgIpc) is 2.80. The van der Waals surface area contributed by atoms with E-state index < -0.39 is 18.0 Å². The normalized spacial score (nSPS) is 13.6. The van der Waals surface area contributed by atoms with Gasteiger partial charge in [0.05, 0.1) is 6.20 Å². The van der Waals surface area contributed by atoms with Crippen LogP contribution in [-0.4, -0.2) is 39.5 Å². The van der Waals surface area contributed by atoms with Crippen molar-refractivity contribution >= 4 is 12.0 Å². The highest BCUT2D eigenvalue weighted by Crippen LogP contribution is 2.07. The number of aliphatic carboxylic acids is 1. The first-order chi connectivity index (χ1) is 9.43. The molecule has 0 aliphatic carbocycles. The third-order valence-corrected chi connectivity index (χ3v) is 3.22. The summed E-state index contributed by atoms with van der Waals surface area (Å²) in [4.78, 5) is 22.7. The molecule has 0 fully saturated rings. The highest BCUT2D eigenvalue weighted by Gasteiger charge is 2.24. The standard InChI is InChI=1S/C13H22N4O3/c1-4-9(2)11(12(18)19)16-13(20)14-6-5-10-7-15-17(3)8-10/h7-9,11H,4-6H2,1-3H3,(H,18,19)(H2,14,16,20). The molecule has 1 aromatic heterocycles. The molecule has 2 atom stereocenters. The first kappa shape index (κ1) is 16.0. The van der Waals surface area contributed by atoms with Crippen LogP contribution in [-0.2, 0) is 18.3 Å². The molecule has 0 radical (unpaired) electrons. The molecule has 1 heterocycles. The summed E-state index contributed by atoms with van der Waals surface area (Å²) in [6.45, 7) is 4.13. The number of hydrogen-bond donors (Lipinski definition) is 3. The number of amides is 2. The van der Waals surface area contributed by atoms with E-state index in [1.807, 2.05) is 20.2 Å². The second kappa shape index (κ2) is 7.52. The van der Waals surface area contributed by atoms with Crippen LogP contribution in [0.3, 0.4) is 0 Å². The van der Waals surface area contributed by atoms with E-state index in [-0.39, 0.29) is 5.92 Å². The van der Waals surface area contributed by atoms with Crippen LogP contribution in [0.2, 0.25) is 0 Å². The maximum Gasteiger partial charge on any atom is 0.326 e. The number of carboxylic acids is 1. The summed E-state index contributed by atoms with van der Waals surface area (Å²) >= 11 is 0. The lowest BCUT2D eigenvalue weighted by molar-refractivity contribution is -0.140. The Hall–Kier alpha value is -2.05. The number of carbonyl (C=O) groups is 2. The Labute approximate surface area is 118 Å². The van der Waals surface area contributed by atoms with Crippen LogP contribution >= 0.6 is 0 Å². The van der Waals surface area contributed by atoms with Crippen molar-refractivity contribution in [1.29, 1.82) is 0 Å². The van der Waals surface area contributed by atoms with E-state index in [0.29, 0.717) is 19.4 Å². The van der Waals surface area contributed by atoms with E-state index in [2.05, 4.69) is 15.7 Å². The Kier molecular flexibility index (Phi) is 6.02. The molecule has 1 aromatic rings. The van der Waals surface area contributed by atoms with E-state index in [1.165, 1.54) is 0 Å². The molecular weight excluding hydrogens is 260 g/mol. The lowest BCUT2D eigenvalue weighted by Gasteiger charge is -2.20. The van der Waals surface area contributed by atoms with E-state index in [4.69, 9.17) is 5.11 Å². The number of nitrogens with zero attached hydrogens (tertiary/aromatic N) is 2. The first-order valence-corrected chi connectivity index (χ1v) is 6.68. The SMILES string of the molecule is CCC(C)C(NC(=O)NCCc1cnn(C)c1)C(=O)O. The van der Waals surface area contributed by atoms with E-state index >= 15 is 0 Å². The molecule has 1 rings (SSSR count). The third kappa shape index (κ3) is 4.91. The largest absolute Gasteiger partial charge is 0.480 e. The fourth-order valence-corrected chi connectivity index (χ4v) is 1.80. The smallest absolute Gasteiger partial charge is 0.326 e. The lowest BCUT2D eigenvalue weighted by Crippen LogP contribution is -2.49. The number of carbonyl (C=O) groups excluding carboxylic acids is 1. The van der Waals surface area contributed by atoms with Crippen molar-refractivity contribution in [2.45, 2.75) is 32.7 Å². The third-order valence-electron chi connectivity index (χ3n) is 3.22. The van der Waals surface area contributed by atoms with Gasteiger partial charge in [-0.25, -0.2) is 9.59 Å². The number of hydrogen-bond acceptors (Lipinski definition) is 3. The number of nitrogens with one attached hydrogen (secondary N) is 2. The van der Waals surface area contributed by atoms with Crippen LogP contribution in [0.4, 0.5) is 4.79 Å². The molecule has 2 amide bonds. The fraction of sp³-hybridized carbons (Fsp3) is 0.615. The Bertz CT molecular complexity index is 458. The molecule has 20 heavy (non-hydrogen) atoms. The number of rotatable bonds is 7. The summed E-state index contributed by atoms with van der Waals surface area (Å²) in [6, 6.07) is -1.32. The summed E-state index contributed by atoms with van der Waals surface area (Å²) in [7, 11) is 1.83. The highest BCUT2D eigenvalue weighted by molar-refractivity contribution is 5.82. The maximum atomic E-state index is 11.7. The van der Waals surface area contributed by atoms with Crippen molar-refractivity contribution in [3.8, 4) is 0 Å². The van der Waals surface area contributed by atoms with Gasteiger partial charge in [-0.2, -0.15) is 5.10 Å². The molecule has 0 aliphatic rings. The molecule has 7 heteroatoms.